The fourth-order valence-electron chi connectivity index (χ4n) is 1.93. The SMILES string of the molecule is O=C1CS/C(=N\N=C\c2ccccc2Cl)N1CC1CC1. The van der Waals surface area contributed by atoms with Gasteiger partial charge in [-0.1, -0.05) is 41.6 Å². The molecule has 1 saturated heterocycles. The van der Waals surface area contributed by atoms with Crippen molar-refractivity contribution < 1.29 is 4.79 Å². The summed E-state index contributed by atoms with van der Waals surface area (Å²) < 4.78 is 0. The van der Waals surface area contributed by atoms with Crippen molar-refractivity contribution in [3.05, 3.63) is 34.9 Å². The summed E-state index contributed by atoms with van der Waals surface area (Å²) in [6.07, 6.45) is 4.04. The van der Waals surface area contributed by atoms with E-state index in [-0.39, 0.29) is 5.91 Å². The van der Waals surface area contributed by atoms with Gasteiger partial charge in [-0.15, -0.1) is 5.10 Å². The third-order valence-corrected chi connectivity index (χ3v) is 4.54. The standard InChI is InChI=1S/C14H14ClN3OS/c15-12-4-2-1-3-11(12)7-16-17-14-18(8-10-5-6-10)13(19)9-20-14/h1-4,7,10H,5-6,8-9H2/b16-7+,17-14-. The smallest absolute Gasteiger partial charge is 0.239 e. The maximum atomic E-state index is 11.8. The highest BCUT2D eigenvalue weighted by atomic mass is 35.5. The Labute approximate surface area is 126 Å². The lowest BCUT2D eigenvalue weighted by Gasteiger charge is -2.13. The number of amidine groups is 1. The van der Waals surface area contributed by atoms with Gasteiger partial charge in [-0.3, -0.25) is 9.69 Å². The van der Waals surface area contributed by atoms with Gasteiger partial charge in [0, 0.05) is 17.1 Å². The lowest BCUT2D eigenvalue weighted by Crippen LogP contribution is -2.31. The number of amides is 1. The molecule has 3 rings (SSSR count). The van der Waals surface area contributed by atoms with E-state index in [9.17, 15) is 4.79 Å². The molecule has 0 bridgehead atoms. The minimum absolute atomic E-state index is 0.133. The van der Waals surface area contributed by atoms with Crippen molar-refractivity contribution in [2.45, 2.75) is 12.8 Å². The molecule has 6 heteroatoms. The molecule has 1 amide bonds. The van der Waals surface area contributed by atoms with Gasteiger partial charge in [0.2, 0.25) is 5.91 Å². The van der Waals surface area contributed by atoms with Crippen LogP contribution in [0.4, 0.5) is 0 Å². The van der Waals surface area contributed by atoms with Gasteiger partial charge in [-0.2, -0.15) is 5.10 Å². The Balaban J connectivity index is 1.71. The zero-order valence-electron chi connectivity index (χ0n) is 10.8. The molecule has 0 unspecified atom stereocenters. The molecule has 4 nitrogen and oxygen atoms in total. The summed E-state index contributed by atoms with van der Waals surface area (Å²) in [6, 6.07) is 7.45. The number of carbonyl (C=O) groups is 1. The van der Waals surface area contributed by atoms with Gasteiger partial charge >= 0.3 is 0 Å². The minimum Gasteiger partial charge on any atom is -0.289 e. The Morgan fingerprint density at radius 1 is 1.40 bits per heavy atom. The summed E-state index contributed by atoms with van der Waals surface area (Å²) in [7, 11) is 0. The number of carbonyl (C=O) groups excluding carboxylic acids is 1. The maximum Gasteiger partial charge on any atom is 0.239 e. The Bertz CT molecular complexity index is 584. The fraction of sp³-hybridized carbons (Fsp3) is 0.357. The van der Waals surface area contributed by atoms with Crippen LogP contribution in [0, 0.1) is 5.92 Å². The monoisotopic (exact) mass is 307 g/mol. The van der Waals surface area contributed by atoms with E-state index in [2.05, 4.69) is 10.2 Å². The molecule has 1 aromatic rings. The molecule has 1 saturated carbocycles. The summed E-state index contributed by atoms with van der Waals surface area (Å²) in [6.45, 7) is 0.784. The maximum absolute atomic E-state index is 11.8. The van der Waals surface area contributed by atoms with Crippen molar-refractivity contribution in [3.63, 3.8) is 0 Å². The zero-order valence-corrected chi connectivity index (χ0v) is 12.4. The van der Waals surface area contributed by atoms with Crippen LogP contribution in [-0.2, 0) is 4.79 Å². The Hall–Kier alpha value is -1.33. The van der Waals surface area contributed by atoms with Crippen LogP contribution in [0.2, 0.25) is 5.02 Å². The Morgan fingerprint density at radius 3 is 2.95 bits per heavy atom. The first-order valence-corrected chi connectivity index (χ1v) is 7.89. The first kappa shape index (κ1) is 13.6. The summed E-state index contributed by atoms with van der Waals surface area (Å²) in [5.74, 6) is 1.25. The van der Waals surface area contributed by atoms with Crippen LogP contribution in [-0.4, -0.2) is 34.5 Å². The van der Waals surface area contributed by atoms with Crippen LogP contribution < -0.4 is 0 Å². The molecular formula is C14H14ClN3OS. The average Bonchev–Trinajstić information content (AvgIpc) is 3.20. The number of thioether (sulfide) groups is 1. The van der Waals surface area contributed by atoms with Crippen LogP contribution >= 0.6 is 23.4 Å². The third-order valence-electron chi connectivity index (χ3n) is 3.24. The average molecular weight is 308 g/mol. The summed E-state index contributed by atoms with van der Waals surface area (Å²) >= 11 is 7.49. The van der Waals surface area contributed by atoms with Crippen LogP contribution in [0.5, 0.6) is 0 Å². The van der Waals surface area contributed by atoms with Gasteiger partial charge in [0.1, 0.15) is 0 Å². The Morgan fingerprint density at radius 2 is 2.20 bits per heavy atom. The Kier molecular flexibility index (Phi) is 4.08. The van der Waals surface area contributed by atoms with E-state index in [4.69, 9.17) is 11.6 Å². The quantitative estimate of drug-likeness (QED) is 0.634. The molecule has 1 aliphatic heterocycles. The molecule has 0 spiro atoms. The molecule has 2 aliphatic rings. The molecule has 1 aromatic carbocycles. The van der Waals surface area contributed by atoms with Crippen molar-refractivity contribution in [1.82, 2.24) is 4.90 Å². The van der Waals surface area contributed by atoms with Crippen molar-refractivity contribution >= 4 is 40.7 Å². The molecule has 1 aliphatic carbocycles. The number of nitrogens with zero attached hydrogens (tertiary/aromatic N) is 3. The van der Waals surface area contributed by atoms with Gasteiger partial charge in [0.15, 0.2) is 5.17 Å². The lowest BCUT2D eigenvalue weighted by molar-refractivity contribution is -0.124. The predicted molar refractivity (Wildman–Crippen MR) is 83.4 cm³/mol. The normalized spacial score (nSPS) is 21.4. The van der Waals surface area contributed by atoms with Gasteiger partial charge in [0.25, 0.3) is 0 Å². The van der Waals surface area contributed by atoms with E-state index in [0.717, 1.165) is 12.1 Å². The zero-order chi connectivity index (χ0) is 13.9. The van der Waals surface area contributed by atoms with E-state index in [1.165, 1.54) is 24.6 Å². The predicted octanol–water partition coefficient (Wildman–Crippen LogP) is 3.02. The minimum atomic E-state index is 0.133. The van der Waals surface area contributed by atoms with Gasteiger partial charge in [-0.05, 0) is 24.8 Å². The van der Waals surface area contributed by atoms with Crippen LogP contribution in [0.1, 0.15) is 18.4 Å². The number of halogens is 1. The van der Waals surface area contributed by atoms with Crippen LogP contribution in [0.15, 0.2) is 34.5 Å². The molecule has 1 heterocycles. The topological polar surface area (TPSA) is 45.0 Å². The first-order chi connectivity index (χ1) is 9.74. The molecule has 0 atom stereocenters. The van der Waals surface area contributed by atoms with Crippen LogP contribution in [0.3, 0.4) is 0 Å². The number of hydrogen-bond donors (Lipinski definition) is 0. The second kappa shape index (κ2) is 5.97. The van der Waals surface area contributed by atoms with Gasteiger partial charge < -0.3 is 0 Å². The molecule has 0 radical (unpaired) electrons. The number of hydrogen-bond acceptors (Lipinski definition) is 4. The second-order valence-electron chi connectivity index (χ2n) is 4.89. The van der Waals surface area contributed by atoms with E-state index in [1.807, 2.05) is 24.3 Å². The van der Waals surface area contributed by atoms with Crippen molar-refractivity contribution in [1.29, 1.82) is 0 Å². The third kappa shape index (κ3) is 3.22. The molecule has 104 valence electrons. The lowest BCUT2D eigenvalue weighted by atomic mass is 10.2. The molecular weight excluding hydrogens is 294 g/mol. The highest BCUT2D eigenvalue weighted by molar-refractivity contribution is 8.15. The van der Waals surface area contributed by atoms with Gasteiger partial charge in [-0.25, -0.2) is 0 Å². The summed E-state index contributed by atoms with van der Waals surface area (Å²) in [4.78, 5) is 13.5. The molecule has 20 heavy (non-hydrogen) atoms. The van der Waals surface area contributed by atoms with E-state index >= 15 is 0 Å². The largest absolute Gasteiger partial charge is 0.289 e. The highest BCUT2D eigenvalue weighted by Crippen LogP contribution is 2.32. The molecule has 0 N–H and O–H groups in total. The van der Waals surface area contributed by atoms with Crippen LogP contribution in [0.25, 0.3) is 0 Å². The highest BCUT2D eigenvalue weighted by Gasteiger charge is 2.33. The number of benzene rings is 1. The summed E-state index contributed by atoms with van der Waals surface area (Å²) in [5.41, 5.74) is 0.821. The molecule has 2 fully saturated rings. The van der Waals surface area contributed by atoms with E-state index < -0.39 is 0 Å². The first-order valence-electron chi connectivity index (χ1n) is 6.53. The van der Waals surface area contributed by atoms with Crippen molar-refractivity contribution in [2.24, 2.45) is 16.1 Å². The van der Waals surface area contributed by atoms with E-state index in [0.29, 0.717) is 21.9 Å². The summed E-state index contributed by atoms with van der Waals surface area (Å²) in [5, 5.41) is 9.57. The van der Waals surface area contributed by atoms with Gasteiger partial charge in [0.05, 0.1) is 12.0 Å². The molecule has 0 aromatic heterocycles. The van der Waals surface area contributed by atoms with E-state index in [1.54, 1.807) is 11.1 Å². The van der Waals surface area contributed by atoms with Crippen molar-refractivity contribution in [2.75, 3.05) is 12.3 Å². The second-order valence-corrected chi connectivity index (χ2v) is 6.23. The number of rotatable bonds is 4. The van der Waals surface area contributed by atoms with Crippen molar-refractivity contribution in [3.8, 4) is 0 Å². The fourth-order valence-corrected chi connectivity index (χ4v) is 2.96.